The summed E-state index contributed by atoms with van der Waals surface area (Å²) in [6.45, 7) is 4.24. The molecule has 160 valence electrons. The number of aromatic nitrogens is 3. The van der Waals surface area contributed by atoms with Crippen molar-refractivity contribution in [2.75, 3.05) is 33.2 Å². The van der Waals surface area contributed by atoms with Crippen LogP contribution in [0.5, 0.6) is 0 Å². The Bertz CT molecular complexity index is 1180. The Morgan fingerprint density at radius 3 is 2.10 bits per heavy atom. The van der Waals surface area contributed by atoms with Crippen LogP contribution in [0, 0.1) is 0 Å². The Kier molecular flexibility index (Phi) is 5.81. The number of benzene rings is 2. The highest BCUT2D eigenvalue weighted by atomic mass is 16.2. The molecule has 1 aliphatic heterocycles. The average Bonchev–Trinajstić information content (AvgIpc) is 2.80. The molecule has 1 unspecified atom stereocenters. The van der Waals surface area contributed by atoms with Gasteiger partial charge in [-0.1, -0.05) is 48.5 Å². The van der Waals surface area contributed by atoms with Gasteiger partial charge in [0.1, 0.15) is 0 Å². The lowest BCUT2D eigenvalue weighted by Gasteiger charge is -2.32. The van der Waals surface area contributed by atoms with E-state index < -0.39 is 23.2 Å². The summed E-state index contributed by atoms with van der Waals surface area (Å²) in [5.41, 5.74) is -0.199. The number of nitrogens with zero attached hydrogens (tertiary/aromatic N) is 5. The number of carbonyl (C=O) groups is 1. The smallest absolute Gasteiger partial charge is 0.335 e. The Hall–Kier alpha value is -3.52. The molecular weight excluding hydrogens is 394 g/mol. The fourth-order valence-corrected chi connectivity index (χ4v) is 3.74. The first kappa shape index (κ1) is 20.7. The van der Waals surface area contributed by atoms with Gasteiger partial charge in [-0.15, -0.1) is 0 Å². The van der Waals surface area contributed by atoms with Gasteiger partial charge in [-0.3, -0.25) is 9.59 Å². The van der Waals surface area contributed by atoms with E-state index in [1.54, 1.807) is 36.1 Å². The van der Waals surface area contributed by atoms with E-state index >= 15 is 0 Å². The van der Waals surface area contributed by atoms with E-state index in [1.165, 1.54) is 0 Å². The fourth-order valence-electron chi connectivity index (χ4n) is 3.74. The highest BCUT2D eigenvalue weighted by Crippen LogP contribution is 2.15. The van der Waals surface area contributed by atoms with Crippen LogP contribution in [0.4, 0.5) is 0 Å². The molecule has 0 aliphatic carbocycles. The number of carbonyl (C=O) groups excluding carboxylic acids is 1. The number of hydrogen-bond acceptors (Lipinski definition) is 5. The van der Waals surface area contributed by atoms with Crippen molar-refractivity contribution < 1.29 is 4.79 Å². The first-order valence-corrected chi connectivity index (χ1v) is 10.3. The van der Waals surface area contributed by atoms with Crippen LogP contribution in [-0.2, 0) is 0 Å². The van der Waals surface area contributed by atoms with Crippen molar-refractivity contribution in [3.63, 3.8) is 0 Å². The van der Waals surface area contributed by atoms with E-state index in [0.717, 1.165) is 27.9 Å². The molecule has 1 amide bonds. The third-order valence-corrected chi connectivity index (χ3v) is 5.67. The zero-order valence-electron chi connectivity index (χ0n) is 17.6. The van der Waals surface area contributed by atoms with Crippen molar-refractivity contribution in [3.05, 3.63) is 92.8 Å². The molecule has 1 aromatic heterocycles. The van der Waals surface area contributed by atoms with Crippen molar-refractivity contribution in [2.24, 2.45) is 0 Å². The van der Waals surface area contributed by atoms with Gasteiger partial charge in [-0.2, -0.15) is 9.78 Å². The monoisotopic (exact) mass is 419 g/mol. The lowest BCUT2D eigenvalue weighted by Crippen LogP contribution is -2.51. The zero-order chi connectivity index (χ0) is 22.0. The van der Waals surface area contributed by atoms with Crippen molar-refractivity contribution in [3.8, 4) is 5.69 Å². The van der Waals surface area contributed by atoms with Gasteiger partial charge in [0.15, 0.2) is 0 Å². The predicted molar refractivity (Wildman–Crippen MR) is 118 cm³/mol. The maximum atomic E-state index is 13.4. The number of likely N-dealkylation sites (N-methyl/N-ethyl adjacent to an activating group) is 1. The van der Waals surface area contributed by atoms with Crippen LogP contribution < -0.4 is 11.2 Å². The SMILES string of the molecule is CC(c1ccccc1)n1c(=O)c(C(=O)N2CCN(C)CC2)nn(-c2ccccc2)c1=O. The minimum atomic E-state index is -0.669. The van der Waals surface area contributed by atoms with Gasteiger partial charge in [-0.25, -0.2) is 9.36 Å². The first-order chi connectivity index (χ1) is 15.0. The van der Waals surface area contributed by atoms with Crippen LogP contribution in [0.25, 0.3) is 5.69 Å². The minimum Gasteiger partial charge on any atom is -0.335 e. The summed E-state index contributed by atoms with van der Waals surface area (Å²) in [4.78, 5) is 43.7. The van der Waals surface area contributed by atoms with Gasteiger partial charge >= 0.3 is 5.69 Å². The Morgan fingerprint density at radius 1 is 0.903 bits per heavy atom. The molecule has 1 atom stereocenters. The molecule has 0 saturated carbocycles. The van der Waals surface area contributed by atoms with Crippen LogP contribution in [0.2, 0.25) is 0 Å². The molecule has 2 aromatic carbocycles. The standard InChI is InChI=1S/C23H25N5O3/c1-17(18-9-5-3-6-10-18)27-22(30)20(21(29)26-15-13-25(2)14-16-26)24-28(23(27)31)19-11-7-4-8-12-19/h3-12,17H,13-16H2,1-2H3. The van der Waals surface area contributed by atoms with Gasteiger partial charge in [0.05, 0.1) is 11.7 Å². The van der Waals surface area contributed by atoms with Gasteiger partial charge in [-0.05, 0) is 31.7 Å². The summed E-state index contributed by atoms with van der Waals surface area (Å²) in [6.07, 6.45) is 0. The molecule has 1 saturated heterocycles. The lowest BCUT2D eigenvalue weighted by molar-refractivity contribution is 0.0652. The molecule has 3 aromatic rings. The number of piperazine rings is 1. The zero-order valence-corrected chi connectivity index (χ0v) is 17.6. The highest BCUT2D eigenvalue weighted by Gasteiger charge is 2.28. The molecule has 8 nitrogen and oxygen atoms in total. The molecule has 1 aliphatic rings. The molecule has 0 bridgehead atoms. The summed E-state index contributed by atoms with van der Waals surface area (Å²) >= 11 is 0. The van der Waals surface area contributed by atoms with Gasteiger partial charge < -0.3 is 9.80 Å². The largest absolute Gasteiger partial charge is 0.352 e. The second-order valence-electron chi connectivity index (χ2n) is 7.74. The molecule has 8 heteroatoms. The number of rotatable bonds is 4. The molecule has 31 heavy (non-hydrogen) atoms. The summed E-state index contributed by atoms with van der Waals surface area (Å²) in [6, 6.07) is 17.6. The van der Waals surface area contributed by atoms with Crippen LogP contribution >= 0.6 is 0 Å². The predicted octanol–water partition coefficient (Wildman–Crippen LogP) is 1.39. The topological polar surface area (TPSA) is 80.4 Å². The second-order valence-corrected chi connectivity index (χ2v) is 7.74. The Labute approximate surface area is 180 Å². The van der Waals surface area contributed by atoms with E-state index in [-0.39, 0.29) is 5.69 Å². The van der Waals surface area contributed by atoms with Crippen molar-refractivity contribution >= 4 is 5.91 Å². The molecule has 4 rings (SSSR count). The number of hydrogen-bond donors (Lipinski definition) is 0. The maximum absolute atomic E-state index is 13.4. The van der Waals surface area contributed by atoms with E-state index in [2.05, 4.69) is 10.00 Å². The number of amides is 1. The van der Waals surface area contributed by atoms with Gasteiger partial charge in [0.2, 0.25) is 5.69 Å². The molecule has 0 radical (unpaired) electrons. The molecular formula is C23H25N5O3. The Morgan fingerprint density at radius 2 is 1.48 bits per heavy atom. The third kappa shape index (κ3) is 4.06. The quantitative estimate of drug-likeness (QED) is 0.639. The van der Waals surface area contributed by atoms with Gasteiger partial charge in [0.25, 0.3) is 11.5 Å². The molecule has 1 fully saturated rings. The average molecular weight is 419 g/mol. The molecule has 2 heterocycles. The van der Waals surface area contributed by atoms with Crippen LogP contribution in [0.3, 0.4) is 0 Å². The van der Waals surface area contributed by atoms with E-state index in [4.69, 9.17) is 0 Å². The minimum absolute atomic E-state index is 0.240. The third-order valence-electron chi connectivity index (χ3n) is 5.67. The van der Waals surface area contributed by atoms with E-state index in [0.29, 0.717) is 18.8 Å². The van der Waals surface area contributed by atoms with E-state index in [9.17, 15) is 14.4 Å². The molecule has 0 N–H and O–H groups in total. The van der Waals surface area contributed by atoms with Crippen molar-refractivity contribution in [2.45, 2.75) is 13.0 Å². The number of para-hydroxylation sites is 1. The lowest BCUT2D eigenvalue weighted by atomic mass is 10.1. The first-order valence-electron chi connectivity index (χ1n) is 10.3. The summed E-state index contributed by atoms with van der Waals surface area (Å²) < 4.78 is 2.27. The summed E-state index contributed by atoms with van der Waals surface area (Å²) in [7, 11) is 1.99. The van der Waals surface area contributed by atoms with E-state index in [1.807, 2.05) is 43.4 Å². The van der Waals surface area contributed by atoms with Crippen molar-refractivity contribution in [1.29, 1.82) is 0 Å². The van der Waals surface area contributed by atoms with Crippen LogP contribution in [0.15, 0.2) is 70.3 Å². The normalized spacial score (nSPS) is 15.6. The van der Waals surface area contributed by atoms with Gasteiger partial charge in [0, 0.05) is 26.2 Å². The van der Waals surface area contributed by atoms with Crippen LogP contribution in [-0.4, -0.2) is 63.3 Å². The van der Waals surface area contributed by atoms with Crippen LogP contribution in [0.1, 0.15) is 29.0 Å². The fraction of sp³-hybridized carbons (Fsp3) is 0.304. The summed E-state index contributed by atoms with van der Waals surface area (Å²) in [5, 5.41) is 4.24. The Balaban J connectivity index is 1.88. The highest BCUT2D eigenvalue weighted by molar-refractivity contribution is 5.92. The second kappa shape index (κ2) is 8.69. The maximum Gasteiger partial charge on any atom is 0.352 e. The molecule has 0 spiro atoms. The summed E-state index contributed by atoms with van der Waals surface area (Å²) in [5.74, 6) is -0.447. The van der Waals surface area contributed by atoms with Crippen molar-refractivity contribution in [1.82, 2.24) is 24.1 Å².